The molecule has 0 atom stereocenters. The summed E-state index contributed by atoms with van der Waals surface area (Å²) in [4.78, 5) is 16.8. The van der Waals surface area contributed by atoms with Gasteiger partial charge in [-0.1, -0.05) is 29.8 Å². The van der Waals surface area contributed by atoms with Crippen LogP contribution in [0.4, 0.5) is 0 Å². The lowest BCUT2D eigenvalue weighted by atomic mass is 10.1. The van der Waals surface area contributed by atoms with Gasteiger partial charge in [-0.25, -0.2) is 4.98 Å². The third-order valence-corrected chi connectivity index (χ3v) is 3.52. The predicted molar refractivity (Wildman–Crippen MR) is 73.9 cm³/mol. The van der Waals surface area contributed by atoms with Crippen LogP contribution in [0.2, 0.25) is 5.02 Å². The Hall–Kier alpha value is -1.43. The number of benzene rings is 1. The second kappa shape index (κ2) is 5.95. The zero-order chi connectivity index (χ0) is 13.0. The first-order valence-corrected chi connectivity index (χ1v) is 6.66. The number of nitrogens with one attached hydrogen (secondary N) is 1. The molecule has 2 rings (SSSR count). The summed E-state index contributed by atoms with van der Waals surface area (Å²) < 4.78 is 0. The van der Waals surface area contributed by atoms with Crippen LogP contribution >= 0.6 is 22.9 Å². The van der Waals surface area contributed by atoms with E-state index in [0.717, 1.165) is 10.4 Å². The molecule has 0 aliphatic heterocycles. The number of halogens is 1. The Balaban J connectivity index is 2.34. The van der Waals surface area contributed by atoms with E-state index in [0.29, 0.717) is 23.8 Å². The van der Waals surface area contributed by atoms with Gasteiger partial charge in [0.1, 0.15) is 5.69 Å². The first-order chi connectivity index (χ1) is 8.74. The standard InChI is InChI=1S/C12H12ClN3OS/c13-9-4-2-1-3-8(9)11-10(16-7-18-11)12(17)15-6-5-14/h1-4,7H,5-6,14H2,(H,15,17). The highest BCUT2D eigenvalue weighted by Gasteiger charge is 2.17. The van der Waals surface area contributed by atoms with Crippen molar-refractivity contribution < 1.29 is 4.79 Å². The van der Waals surface area contributed by atoms with E-state index in [2.05, 4.69) is 10.3 Å². The largest absolute Gasteiger partial charge is 0.349 e. The molecule has 4 nitrogen and oxygen atoms in total. The molecule has 1 aromatic heterocycles. The van der Waals surface area contributed by atoms with Crippen molar-refractivity contribution in [2.75, 3.05) is 13.1 Å². The minimum Gasteiger partial charge on any atom is -0.349 e. The van der Waals surface area contributed by atoms with Crippen molar-refractivity contribution in [1.29, 1.82) is 0 Å². The molecule has 0 unspecified atom stereocenters. The maximum Gasteiger partial charge on any atom is 0.271 e. The topological polar surface area (TPSA) is 68.0 Å². The van der Waals surface area contributed by atoms with Crippen LogP contribution in [0, 0.1) is 0 Å². The highest BCUT2D eigenvalue weighted by atomic mass is 35.5. The predicted octanol–water partition coefficient (Wildman–Crippen LogP) is 2.15. The Morgan fingerprint density at radius 1 is 1.44 bits per heavy atom. The summed E-state index contributed by atoms with van der Waals surface area (Å²) in [5, 5.41) is 3.31. The van der Waals surface area contributed by atoms with Crippen LogP contribution in [0.25, 0.3) is 10.4 Å². The summed E-state index contributed by atoms with van der Waals surface area (Å²) in [6, 6.07) is 7.39. The molecule has 0 fully saturated rings. The highest BCUT2D eigenvalue weighted by molar-refractivity contribution is 7.13. The Kier molecular flexibility index (Phi) is 4.30. The maximum absolute atomic E-state index is 11.9. The van der Waals surface area contributed by atoms with Crippen LogP contribution in [0.15, 0.2) is 29.8 Å². The monoisotopic (exact) mass is 281 g/mol. The molecule has 1 aromatic carbocycles. The van der Waals surface area contributed by atoms with Crippen molar-refractivity contribution in [3.63, 3.8) is 0 Å². The number of nitrogens with zero attached hydrogens (tertiary/aromatic N) is 1. The quantitative estimate of drug-likeness (QED) is 0.902. The van der Waals surface area contributed by atoms with Crippen molar-refractivity contribution in [2.45, 2.75) is 0 Å². The first-order valence-electron chi connectivity index (χ1n) is 5.40. The van der Waals surface area contributed by atoms with Crippen LogP contribution in [-0.4, -0.2) is 24.0 Å². The molecular weight excluding hydrogens is 270 g/mol. The van der Waals surface area contributed by atoms with E-state index in [9.17, 15) is 4.79 Å². The van der Waals surface area contributed by atoms with E-state index in [4.69, 9.17) is 17.3 Å². The van der Waals surface area contributed by atoms with Gasteiger partial charge in [0.05, 0.1) is 10.4 Å². The zero-order valence-corrected chi connectivity index (χ0v) is 11.1. The lowest BCUT2D eigenvalue weighted by Crippen LogP contribution is -2.29. The van der Waals surface area contributed by atoms with E-state index in [1.807, 2.05) is 18.2 Å². The van der Waals surface area contributed by atoms with Crippen LogP contribution < -0.4 is 11.1 Å². The number of thiazole rings is 1. The Morgan fingerprint density at radius 3 is 2.94 bits per heavy atom. The summed E-state index contributed by atoms with van der Waals surface area (Å²) in [5.74, 6) is -0.225. The third kappa shape index (κ3) is 2.69. The number of nitrogens with two attached hydrogens (primary N) is 1. The number of aromatic nitrogens is 1. The van der Waals surface area contributed by atoms with E-state index in [1.165, 1.54) is 11.3 Å². The number of hydrogen-bond acceptors (Lipinski definition) is 4. The van der Waals surface area contributed by atoms with Gasteiger partial charge in [-0.15, -0.1) is 11.3 Å². The zero-order valence-electron chi connectivity index (χ0n) is 9.52. The van der Waals surface area contributed by atoms with E-state index in [-0.39, 0.29) is 5.91 Å². The van der Waals surface area contributed by atoms with Gasteiger partial charge in [-0.3, -0.25) is 4.79 Å². The van der Waals surface area contributed by atoms with Gasteiger partial charge >= 0.3 is 0 Å². The minimum atomic E-state index is -0.225. The lowest BCUT2D eigenvalue weighted by Gasteiger charge is -2.05. The smallest absolute Gasteiger partial charge is 0.271 e. The summed E-state index contributed by atoms with van der Waals surface area (Å²) in [7, 11) is 0. The van der Waals surface area contributed by atoms with Crippen molar-refractivity contribution in [2.24, 2.45) is 5.73 Å². The van der Waals surface area contributed by atoms with Gasteiger partial charge in [0.15, 0.2) is 0 Å². The molecule has 0 spiro atoms. The molecule has 2 aromatic rings. The maximum atomic E-state index is 11.9. The van der Waals surface area contributed by atoms with Crippen molar-refractivity contribution in [3.05, 3.63) is 40.5 Å². The summed E-state index contributed by atoms with van der Waals surface area (Å²) in [5.41, 5.74) is 8.19. The fraction of sp³-hybridized carbons (Fsp3) is 0.167. The number of hydrogen-bond donors (Lipinski definition) is 2. The SMILES string of the molecule is NCCNC(=O)c1ncsc1-c1ccccc1Cl. The number of amides is 1. The van der Waals surface area contributed by atoms with E-state index < -0.39 is 0 Å². The summed E-state index contributed by atoms with van der Waals surface area (Å²) in [6.45, 7) is 0.829. The van der Waals surface area contributed by atoms with Crippen molar-refractivity contribution in [3.8, 4) is 10.4 Å². The van der Waals surface area contributed by atoms with Gasteiger partial charge in [0.2, 0.25) is 0 Å². The molecule has 0 aliphatic rings. The Labute approximate surface area is 114 Å². The number of rotatable bonds is 4. The molecule has 3 N–H and O–H groups in total. The Morgan fingerprint density at radius 2 is 2.22 bits per heavy atom. The molecule has 18 heavy (non-hydrogen) atoms. The molecule has 0 saturated heterocycles. The normalized spacial score (nSPS) is 10.3. The first kappa shape index (κ1) is 13.0. The minimum absolute atomic E-state index is 0.225. The highest BCUT2D eigenvalue weighted by Crippen LogP contribution is 2.33. The molecule has 1 heterocycles. The van der Waals surface area contributed by atoms with Gasteiger partial charge < -0.3 is 11.1 Å². The average Bonchev–Trinajstić information content (AvgIpc) is 2.85. The number of carbonyl (C=O) groups is 1. The summed E-state index contributed by atoms with van der Waals surface area (Å²) >= 11 is 7.51. The lowest BCUT2D eigenvalue weighted by molar-refractivity contribution is 0.0951. The second-order valence-corrected chi connectivity index (χ2v) is 4.82. The molecule has 0 bridgehead atoms. The van der Waals surface area contributed by atoms with Gasteiger partial charge in [-0.05, 0) is 6.07 Å². The van der Waals surface area contributed by atoms with Gasteiger partial charge in [-0.2, -0.15) is 0 Å². The molecular formula is C12H12ClN3OS. The van der Waals surface area contributed by atoms with Crippen LogP contribution in [-0.2, 0) is 0 Å². The molecule has 94 valence electrons. The van der Waals surface area contributed by atoms with Crippen molar-refractivity contribution in [1.82, 2.24) is 10.3 Å². The van der Waals surface area contributed by atoms with Crippen LogP contribution in [0.1, 0.15) is 10.5 Å². The number of carbonyl (C=O) groups excluding carboxylic acids is 1. The van der Waals surface area contributed by atoms with Gasteiger partial charge in [0, 0.05) is 23.7 Å². The fourth-order valence-corrected chi connectivity index (χ4v) is 2.63. The van der Waals surface area contributed by atoms with Gasteiger partial charge in [0.25, 0.3) is 5.91 Å². The summed E-state index contributed by atoms with van der Waals surface area (Å²) in [6.07, 6.45) is 0. The molecule has 0 aliphatic carbocycles. The fourth-order valence-electron chi connectivity index (χ4n) is 1.51. The second-order valence-electron chi connectivity index (χ2n) is 3.55. The van der Waals surface area contributed by atoms with Crippen LogP contribution in [0.3, 0.4) is 0 Å². The van der Waals surface area contributed by atoms with E-state index >= 15 is 0 Å². The molecule has 0 radical (unpaired) electrons. The Bertz CT molecular complexity index is 556. The van der Waals surface area contributed by atoms with Crippen LogP contribution in [0.5, 0.6) is 0 Å². The van der Waals surface area contributed by atoms with E-state index in [1.54, 1.807) is 11.6 Å². The molecule has 1 amide bonds. The average molecular weight is 282 g/mol. The molecule has 6 heteroatoms. The van der Waals surface area contributed by atoms with Crippen molar-refractivity contribution >= 4 is 28.8 Å². The third-order valence-electron chi connectivity index (χ3n) is 2.33. The molecule has 0 saturated carbocycles.